The monoisotopic (exact) mass is 1560 g/mol. The second-order valence-corrected chi connectivity index (χ2v) is 31.0. The first kappa shape index (κ1) is 91.1. The summed E-state index contributed by atoms with van der Waals surface area (Å²) in [5.41, 5.74) is 10.0. The summed E-state index contributed by atoms with van der Waals surface area (Å²) in [4.78, 5) is 159. The maximum absolute atomic E-state index is 14.6. The highest BCUT2D eigenvalue weighted by Crippen LogP contribution is 2.34. The molecule has 0 unspecified atom stereocenters. The number of anilines is 1. The Hall–Kier alpha value is -8.78. The van der Waals surface area contributed by atoms with Crippen LogP contribution in [0.15, 0.2) is 78.2 Å². The van der Waals surface area contributed by atoms with Crippen molar-refractivity contribution in [2.24, 2.45) is 41.2 Å². The van der Waals surface area contributed by atoms with Gasteiger partial charge >= 0.3 is 12.1 Å². The lowest BCUT2D eigenvalue weighted by Crippen LogP contribution is -2.48. The number of fused-ring (bicyclic) bond motifs is 2. The molecule has 6 rings (SSSR count). The Balaban J connectivity index is 0.932. The molecule has 6 N–H and O–H groups in total. The lowest BCUT2D eigenvalue weighted by atomic mass is 9.83. The van der Waals surface area contributed by atoms with Crippen LogP contribution in [0.4, 0.5) is 10.5 Å². The molecule has 608 valence electrons. The number of aromatic nitrogens is 1. The molecule has 27 heteroatoms. The van der Waals surface area contributed by atoms with Crippen LogP contribution < -0.4 is 26.6 Å². The van der Waals surface area contributed by atoms with Gasteiger partial charge in [0.1, 0.15) is 16.5 Å². The maximum atomic E-state index is 14.6. The minimum atomic E-state index is -1.06. The van der Waals surface area contributed by atoms with Crippen molar-refractivity contribution in [3.8, 4) is 11.8 Å². The number of ether oxygens (including phenoxy) is 5. The summed E-state index contributed by atoms with van der Waals surface area (Å²) in [6.45, 7) is 16.7. The van der Waals surface area contributed by atoms with Crippen molar-refractivity contribution in [1.82, 2.24) is 35.6 Å². The van der Waals surface area contributed by atoms with Crippen LogP contribution in [0.1, 0.15) is 194 Å². The van der Waals surface area contributed by atoms with Gasteiger partial charge in [-0.3, -0.25) is 52.8 Å². The number of primary amides is 1. The Morgan fingerprint density at radius 2 is 1.35 bits per heavy atom. The number of likely N-dealkylation sites (N-methyl/N-ethyl adjacent to an activating group) is 1. The van der Waals surface area contributed by atoms with Crippen LogP contribution in [-0.2, 0) is 86.2 Å². The van der Waals surface area contributed by atoms with Crippen molar-refractivity contribution in [2.45, 2.75) is 194 Å². The number of carbonyl (C=O) groups excluding carboxylic acids is 10. The van der Waals surface area contributed by atoms with Crippen LogP contribution in [0, 0.1) is 47.3 Å². The number of nitrogens with zero attached hydrogens (tertiary/aromatic N) is 5. The molecule has 3 aromatic carbocycles. The predicted molar refractivity (Wildman–Crippen MR) is 423 cm³/mol. The topological polar surface area (TPSA) is 342 Å². The van der Waals surface area contributed by atoms with Crippen molar-refractivity contribution in [1.29, 1.82) is 0 Å². The molecule has 0 radical (unpaired) electrons. The zero-order valence-corrected chi connectivity index (χ0v) is 67.7. The fourth-order valence-electron chi connectivity index (χ4n) is 13.6. The number of thiazole rings is 1. The second kappa shape index (κ2) is 47.6. The van der Waals surface area contributed by atoms with Gasteiger partial charge in [-0.15, -0.1) is 11.3 Å². The molecule has 2 aliphatic rings. The molecular formula is C84H119N9O17S. The van der Waals surface area contributed by atoms with Crippen molar-refractivity contribution in [2.75, 3.05) is 99.0 Å². The Bertz CT molecular complexity index is 3780. The number of amides is 7. The number of ketones is 3. The van der Waals surface area contributed by atoms with Crippen LogP contribution in [-0.4, -0.2) is 208 Å². The number of hydrogen-bond donors (Lipinski definition) is 5. The predicted octanol–water partition coefficient (Wildman–Crippen LogP) is 9.49. The third-order valence-electron chi connectivity index (χ3n) is 20.6. The van der Waals surface area contributed by atoms with Crippen molar-refractivity contribution in [3.63, 3.8) is 0 Å². The summed E-state index contributed by atoms with van der Waals surface area (Å²) in [5.74, 6) is 0.122. The third-order valence-corrected chi connectivity index (χ3v) is 21.5. The summed E-state index contributed by atoms with van der Waals surface area (Å²) in [6, 6.07) is 19.9. The number of likely N-dealkylation sites (tertiary alicyclic amines) is 1. The van der Waals surface area contributed by atoms with E-state index in [1.165, 1.54) is 4.90 Å². The van der Waals surface area contributed by atoms with Gasteiger partial charge in [0.05, 0.1) is 83.1 Å². The van der Waals surface area contributed by atoms with E-state index < -0.39 is 71.8 Å². The lowest BCUT2D eigenvalue weighted by Gasteiger charge is -2.37. The zero-order chi connectivity index (χ0) is 81.1. The number of carboxylic acids is 1. The van der Waals surface area contributed by atoms with Gasteiger partial charge in [-0.2, -0.15) is 0 Å². The van der Waals surface area contributed by atoms with E-state index >= 15 is 0 Å². The number of hydrogen-bond acceptors (Lipinski definition) is 19. The molecule has 0 aliphatic carbocycles. The molecule has 2 aliphatic heterocycles. The molecule has 0 spiro atoms. The number of benzene rings is 3. The molecular weight excluding hydrogens is 1440 g/mol. The Kier molecular flexibility index (Phi) is 39.0. The van der Waals surface area contributed by atoms with E-state index in [0.29, 0.717) is 68.5 Å². The van der Waals surface area contributed by atoms with Gasteiger partial charge < -0.3 is 65.2 Å². The van der Waals surface area contributed by atoms with Gasteiger partial charge in [0, 0.05) is 119 Å². The average Bonchev–Trinajstić information content (AvgIpc) is 1.51. The highest BCUT2D eigenvalue weighted by atomic mass is 32.1. The minimum Gasteiger partial charge on any atom is -0.481 e. The molecule has 9 atom stereocenters. The highest BCUT2D eigenvalue weighted by molar-refractivity contribution is 7.09. The summed E-state index contributed by atoms with van der Waals surface area (Å²) in [6.07, 6.45) is 3.38. The summed E-state index contributed by atoms with van der Waals surface area (Å²) < 4.78 is 28.5. The molecule has 3 heterocycles. The maximum Gasteiger partial charge on any atom is 0.409 e. The minimum absolute atomic E-state index is 0.0150. The fraction of sp³-hybridized carbons (Fsp3) is 0.595. The van der Waals surface area contributed by atoms with Crippen LogP contribution >= 0.6 is 11.3 Å². The first-order chi connectivity index (χ1) is 53.0. The molecule has 1 saturated heterocycles. The summed E-state index contributed by atoms with van der Waals surface area (Å²) >= 11 is 1.12. The summed E-state index contributed by atoms with van der Waals surface area (Å²) in [5, 5.41) is 20.6. The van der Waals surface area contributed by atoms with E-state index in [2.05, 4.69) is 32.7 Å². The van der Waals surface area contributed by atoms with E-state index in [4.69, 9.17) is 34.4 Å². The van der Waals surface area contributed by atoms with Gasteiger partial charge in [-0.25, -0.2) is 9.78 Å². The number of para-hydroxylation sites is 1. The van der Waals surface area contributed by atoms with Gasteiger partial charge in [-0.05, 0) is 105 Å². The molecule has 1 aromatic heterocycles. The lowest BCUT2D eigenvalue weighted by molar-refractivity contribution is -0.143. The van der Waals surface area contributed by atoms with Gasteiger partial charge in [-0.1, -0.05) is 134 Å². The number of aliphatic carboxylic acids is 1. The van der Waals surface area contributed by atoms with E-state index in [1.54, 1.807) is 67.5 Å². The van der Waals surface area contributed by atoms with Crippen LogP contribution in [0.25, 0.3) is 0 Å². The SMILES string of the molecule is CC[C@H](C)[C@H](CC(=O)[C@H]1CCCCN1C)C(=O)N(C)[C@H](C[C@@H](OC(=O)N(C)C)c1nc(C(=O)N[C@@H](Cc2ccc(CC(=O)[C@H](CCCCC(N)=O)NC(=O)[C@@H](CC(=O)CCOCCOCCOCCOCCNC(=O)CCC(=O)N3Cc4ccccc4C#Cc4ccccc43)C(C)C)cc2)C[C@H](C)C(=O)O)cs1)C(C)C. The number of unbranched alkanes of at least 4 members (excludes halogenated alkanes) is 1. The van der Waals surface area contributed by atoms with Crippen molar-refractivity contribution < 1.29 is 81.5 Å². The molecule has 7 amide bonds. The normalized spacial score (nSPS) is 15.6. The fourth-order valence-corrected chi connectivity index (χ4v) is 14.4. The standard InChI is InChI=1S/C84H119N9O17S/c1-12-57(6)67(51-74(96)71-26-19-20-38-91(71)10)82(102)92(11)72(56(4)5)52-75(110-84(105)90(8)9)81-89-69(54-111-81)80(101)87-64(47-58(7)83(103)104)48-59-28-30-60(31-29-59)49-73(95)68(24-16-18-27-76(85)97)88-79(100)66(55(2)3)50-65(94)36-39-106-41-43-108-45-46-109-44-42-107-40-37-86-77(98)34-35-78(99)93-53-63-23-14-13-21-61(63)32-33-62-22-15-17-25-70(62)93/h13-15,17,21-23,25,28-31,54-58,64,66-68,71-72,75H,12,16,18-20,24,26-27,34-53H2,1-11H3,(H2,85,97)(H,86,98)(H,87,101)(H,88,100)(H,103,104)/t57-,58-,64+,66-,67-,68-,71+,72+,75+/m0/s1. The quantitative estimate of drug-likeness (QED) is 0.0203. The highest BCUT2D eigenvalue weighted by Gasteiger charge is 2.39. The van der Waals surface area contributed by atoms with E-state index in [-0.39, 0.29) is 168 Å². The first-order valence-corrected chi connectivity index (χ1v) is 40.1. The number of Topliss-reactive ketones (excluding diaryl/α,β-unsaturated/α-hetero) is 3. The number of carboxylic acid groups (broad SMARTS) is 1. The Labute approximate surface area is 659 Å². The van der Waals surface area contributed by atoms with Crippen molar-refractivity contribution >= 4 is 81.9 Å². The number of nitrogens with two attached hydrogens (primary N) is 1. The molecule has 1 fully saturated rings. The number of rotatable bonds is 50. The smallest absolute Gasteiger partial charge is 0.409 e. The van der Waals surface area contributed by atoms with Gasteiger partial charge in [0.25, 0.3) is 5.91 Å². The molecule has 111 heavy (non-hydrogen) atoms. The van der Waals surface area contributed by atoms with Gasteiger partial charge in [0.15, 0.2) is 17.7 Å². The van der Waals surface area contributed by atoms with Gasteiger partial charge in [0.2, 0.25) is 29.5 Å². The largest absolute Gasteiger partial charge is 0.481 e. The van der Waals surface area contributed by atoms with Crippen LogP contribution in [0.5, 0.6) is 0 Å². The Morgan fingerprint density at radius 1 is 0.712 bits per heavy atom. The molecule has 0 saturated carbocycles. The van der Waals surface area contributed by atoms with Crippen molar-refractivity contribution in [3.05, 3.63) is 117 Å². The van der Waals surface area contributed by atoms with Crippen LogP contribution in [0.2, 0.25) is 0 Å². The molecule has 0 bridgehead atoms. The zero-order valence-electron chi connectivity index (χ0n) is 66.9. The molecule has 26 nitrogen and oxygen atoms in total. The third kappa shape index (κ3) is 30.7. The van der Waals surface area contributed by atoms with E-state index in [0.717, 1.165) is 59.4 Å². The number of carbonyl (C=O) groups is 11. The average molecular weight is 1560 g/mol. The van der Waals surface area contributed by atoms with E-state index in [9.17, 15) is 57.8 Å². The molecule has 4 aromatic rings. The summed E-state index contributed by atoms with van der Waals surface area (Å²) in [7, 11) is 6.78. The van der Waals surface area contributed by atoms with Crippen LogP contribution in [0.3, 0.4) is 0 Å². The Morgan fingerprint density at radius 3 is 1.99 bits per heavy atom. The second-order valence-electron chi connectivity index (χ2n) is 30.1. The number of nitrogens with one attached hydrogen (secondary N) is 3. The number of piperidine rings is 1. The van der Waals surface area contributed by atoms with E-state index in [1.807, 2.05) is 97.1 Å². The first-order valence-electron chi connectivity index (χ1n) is 39.2.